The molecule has 0 bridgehead atoms. The Morgan fingerprint density at radius 3 is 2.80 bits per heavy atom. The van der Waals surface area contributed by atoms with Crippen LogP contribution in [0.2, 0.25) is 0 Å². The molecule has 5 nitrogen and oxygen atoms in total. The minimum Gasteiger partial charge on any atom is -0.377 e. The molecule has 5 rings (SSSR count). The Bertz CT molecular complexity index is 1110. The van der Waals surface area contributed by atoms with Crippen molar-refractivity contribution in [1.29, 1.82) is 5.26 Å². The lowest BCUT2D eigenvalue weighted by atomic mass is 9.87. The molecule has 2 unspecified atom stereocenters. The summed E-state index contributed by atoms with van der Waals surface area (Å²) in [7, 11) is 0. The van der Waals surface area contributed by atoms with Crippen LogP contribution in [0.4, 0.5) is 8.78 Å². The van der Waals surface area contributed by atoms with Gasteiger partial charge in [-0.3, -0.25) is 4.98 Å². The van der Waals surface area contributed by atoms with Gasteiger partial charge in [0.15, 0.2) is 0 Å². The summed E-state index contributed by atoms with van der Waals surface area (Å²) in [5, 5.41) is 9.87. The number of fused-ring (bicyclic) bond motifs is 3. The van der Waals surface area contributed by atoms with Gasteiger partial charge in [0.2, 0.25) is 0 Å². The second-order valence-corrected chi connectivity index (χ2v) is 8.48. The average Bonchev–Trinajstić information content (AvgIpc) is 3.15. The first-order chi connectivity index (χ1) is 14.6. The summed E-state index contributed by atoms with van der Waals surface area (Å²) in [6, 6.07) is 6.95. The lowest BCUT2D eigenvalue weighted by Gasteiger charge is -2.33. The minimum absolute atomic E-state index is 0.106. The van der Waals surface area contributed by atoms with E-state index in [1.807, 2.05) is 0 Å². The van der Waals surface area contributed by atoms with Crippen molar-refractivity contribution in [2.24, 2.45) is 0 Å². The number of pyridine rings is 1. The Hall–Kier alpha value is -2.59. The zero-order valence-corrected chi connectivity index (χ0v) is 16.7. The van der Waals surface area contributed by atoms with Gasteiger partial charge in [-0.25, -0.2) is 13.8 Å². The van der Waals surface area contributed by atoms with Crippen molar-refractivity contribution in [3.05, 3.63) is 36.0 Å². The summed E-state index contributed by atoms with van der Waals surface area (Å²) in [4.78, 5) is 9.42. The molecule has 2 aromatic heterocycles. The SMILES string of the molecule is N#CCC1CC(n2c(C3CCC(F)CC3)nc3cnc4ccc(F)cc4c32)CCO1. The number of alkyl halides is 1. The fourth-order valence-electron chi connectivity index (χ4n) is 5.07. The van der Waals surface area contributed by atoms with Gasteiger partial charge in [0.25, 0.3) is 0 Å². The average molecular weight is 410 g/mol. The molecule has 1 aromatic carbocycles. The molecule has 30 heavy (non-hydrogen) atoms. The highest BCUT2D eigenvalue weighted by atomic mass is 19.1. The van der Waals surface area contributed by atoms with Gasteiger partial charge in [-0.2, -0.15) is 5.26 Å². The molecular formula is C23H24F2N4O. The second-order valence-electron chi connectivity index (χ2n) is 8.48. The van der Waals surface area contributed by atoms with Crippen molar-refractivity contribution >= 4 is 21.9 Å². The van der Waals surface area contributed by atoms with Crippen LogP contribution in [-0.4, -0.2) is 33.4 Å². The van der Waals surface area contributed by atoms with Crippen molar-refractivity contribution < 1.29 is 13.5 Å². The molecule has 2 aliphatic rings. The summed E-state index contributed by atoms with van der Waals surface area (Å²) in [6.07, 6.45) is 5.37. The molecule has 7 heteroatoms. The lowest BCUT2D eigenvalue weighted by molar-refractivity contribution is -0.00238. The Morgan fingerprint density at radius 1 is 1.17 bits per heavy atom. The standard InChI is InChI=1S/C23H24F2N4O/c24-15-3-1-14(2-4-15)23-28-21-13-27-20-6-5-16(25)11-19(20)22(21)29(23)17-8-10-30-18(12-17)7-9-26/h5-6,11,13-15,17-18H,1-4,7-8,10,12H2. The second kappa shape index (κ2) is 7.92. The fraction of sp³-hybridized carbons (Fsp3) is 0.522. The van der Waals surface area contributed by atoms with Crippen LogP contribution in [0, 0.1) is 17.1 Å². The molecule has 3 aromatic rings. The molecule has 1 aliphatic carbocycles. The molecule has 3 heterocycles. The zero-order chi connectivity index (χ0) is 20.7. The van der Waals surface area contributed by atoms with Crippen LogP contribution in [0.1, 0.15) is 62.7 Å². The number of nitrogens with zero attached hydrogens (tertiary/aromatic N) is 4. The van der Waals surface area contributed by atoms with Crippen molar-refractivity contribution in [2.75, 3.05) is 6.61 Å². The summed E-state index contributed by atoms with van der Waals surface area (Å²) in [5.74, 6) is 0.807. The Balaban J connectivity index is 1.69. The summed E-state index contributed by atoms with van der Waals surface area (Å²) in [6.45, 7) is 0.574. The van der Waals surface area contributed by atoms with Gasteiger partial charge in [0.1, 0.15) is 23.3 Å². The van der Waals surface area contributed by atoms with E-state index >= 15 is 0 Å². The predicted molar refractivity (Wildman–Crippen MR) is 109 cm³/mol. The zero-order valence-electron chi connectivity index (χ0n) is 16.7. The summed E-state index contributed by atoms with van der Waals surface area (Å²) < 4.78 is 36.0. The quantitative estimate of drug-likeness (QED) is 0.584. The topological polar surface area (TPSA) is 63.7 Å². The molecule has 0 radical (unpaired) electrons. The van der Waals surface area contributed by atoms with E-state index in [9.17, 15) is 8.78 Å². The van der Waals surface area contributed by atoms with E-state index in [2.05, 4.69) is 15.6 Å². The number of benzene rings is 1. The molecular weight excluding hydrogens is 386 g/mol. The summed E-state index contributed by atoms with van der Waals surface area (Å²) >= 11 is 0. The van der Waals surface area contributed by atoms with E-state index in [0.717, 1.165) is 47.0 Å². The number of halogens is 2. The molecule has 1 saturated carbocycles. The van der Waals surface area contributed by atoms with Gasteiger partial charge in [0.05, 0.1) is 35.8 Å². The third-order valence-corrected chi connectivity index (χ3v) is 6.55. The van der Waals surface area contributed by atoms with E-state index in [1.165, 1.54) is 12.1 Å². The Labute approximate surface area is 173 Å². The van der Waals surface area contributed by atoms with Gasteiger partial charge < -0.3 is 9.30 Å². The smallest absolute Gasteiger partial charge is 0.124 e. The van der Waals surface area contributed by atoms with Gasteiger partial charge >= 0.3 is 0 Å². The third kappa shape index (κ3) is 3.43. The molecule has 156 valence electrons. The van der Waals surface area contributed by atoms with Gasteiger partial charge in [-0.15, -0.1) is 0 Å². The van der Waals surface area contributed by atoms with Gasteiger partial charge in [-0.05, 0) is 56.7 Å². The molecule has 1 aliphatic heterocycles. The monoisotopic (exact) mass is 410 g/mol. The van der Waals surface area contributed by atoms with Crippen LogP contribution in [0.5, 0.6) is 0 Å². The number of aromatic nitrogens is 3. The van der Waals surface area contributed by atoms with Crippen LogP contribution < -0.4 is 0 Å². The van der Waals surface area contributed by atoms with Crippen LogP contribution in [-0.2, 0) is 4.74 Å². The molecule has 2 atom stereocenters. The number of nitriles is 1. The first kappa shape index (κ1) is 19.4. The molecule has 1 saturated heterocycles. The lowest BCUT2D eigenvalue weighted by Crippen LogP contribution is -2.29. The highest BCUT2D eigenvalue weighted by Crippen LogP contribution is 2.40. The molecule has 0 N–H and O–H groups in total. The van der Waals surface area contributed by atoms with Crippen molar-refractivity contribution in [3.63, 3.8) is 0 Å². The first-order valence-corrected chi connectivity index (χ1v) is 10.7. The predicted octanol–water partition coefficient (Wildman–Crippen LogP) is 5.35. The maximum atomic E-state index is 14.2. The first-order valence-electron chi connectivity index (χ1n) is 10.7. The van der Waals surface area contributed by atoms with E-state index in [-0.39, 0.29) is 23.9 Å². The summed E-state index contributed by atoms with van der Waals surface area (Å²) in [5.41, 5.74) is 2.36. The van der Waals surface area contributed by atoms with Crippen LogP contribution in [0.25, 0.3) is 21.9 Å². The number of hydrogen-bond donors (Lipinski definition) is 0. The Kier molecular flexibility index (Phi) is 5.11. The van der Waals surface area contributed by atoms with Crippen molar-refractivity contribution in [1.82, 2.24) is 14.5 Å². The number of ether oxygens (including phenoxy) is 1. The molecule has 0 spiro atoms. The van der Waals surface area contributed by atoms with Gasteiger partial charge in [-0.1, -0.05) is 0 Å². The van der Waals surface area contributed by atoms with E-state index < -0.39 is 6.17 Å². The molecule has 0 amide bonds. The van der Waals surface area contributed by atoms with E-state index in [1.54, 1.807) is 12.3 Å². The number of hydrogen-bond acceptors (Lipinski definition) is 4. The number of rotatable bonds is 3. The van der Waals surface area contributed by atoms with Crippen molar-refractivity contribution in [3.8, 4) is 6.07 Å². The van der Waals surface area contributed by atoms with E-state index in [4.69, 9.17) is 15.0 Å². The highest BCUT2D eigenvalue weighted by Gasteiger charge is 2.32. The van der Waals surface area contributed by atoms with Crippen LogP contribution in [0.15, 0.2) is 24.4 Å². The van der Waals surface area contributed by atoms with Crippen LogP contribution in [0.3, 0.4) is 0 Å². The maximum Gasteiger partial charge on any atom is 0.124 e. The maximum absolute atomic E-state index is 14.2. The Morgan fingerprint density at radius 2 is 2.00 bits per heavy atom. The van der Waals surface area contributed by atoms with Crippen LogP contribution >= 0.6 is 0 Å². The highest BCUT2D eigenvalue weighted by molar-refractivity contribution is 6.02. The van der Waals surface area contributed by atoms with Crippen molar-refractivity contribution in [2.45, 2.75) is 69.2 Å². The third-order valence-electron chi connectivity index (χ3n) is 6.55. The normalized spacial score (nSPS) is 27.4. The molecule has 2 fully saturated rings. The number of imidazole rings is 1. The van der Waals surface area contributed by atoms with Gasteiger partial charge in [0, 0.05) is 24.0 Å². The largest absolute Gasteiger partial charge is 0.377 e. The van der Waals surface area contributed by atoms with E-state index in [0.29, 0.717) is 32.3 Å². The fourth-order valence-corrected chi connectivity index (χ4v) is 5.07. The minimum atomic E-state index is -0.737.